The van der Waals surface area contributed by atoms with E-state index in [1.165, 1.54) is 11.1 Å². The lowest BCUT2D eigenvalue weighted by Crippen LogP contribution is -2.24. The molecule has 0 aliphatic rings. The van der Waals surface area contributed by atoms with Crippen LogP contribution in [0.3, 0.4) is 0 Å². The molecule has 1 aromatic heterocycles. The number of nitrogens with zero attached hydrogens (tertiary/aromatic N) is 2. The second-order valence-corrected chi connectivity index (χ2v) is 8.87. The Hall–Kier alpha value is -2.48. The van der Waals surface area contributed by atoms with E-state index in [1.54, 1.807) is 0 Å². The molecule has 0 bridgehead atoms. The SMILES string of the molecule is CC(C)(C)c1cnc(-c2ccccc2-c2ccccc2)nc1C(C)(C)C. The molecule has 3 rings (SSSR count). The van der Waals surface area contributed by atoms with Crippen molar-refractivity contribution in [1.29, 1.82) is 0 Å². The summed E-state index contributed by atoms with van der Waals surface area (Å²) >= 11 is 0. The number of rotatable bonds is 2. The maximum atomic E-state index is 5.06. The normalized spacial score (nSPS) is 12.2. The summed E-state index contributed by atoms with van der Waals surface area (Å²) in [6.07, 6.45) is 2.02. The van der Waals surface area contributed by atoms with Gasteiger partial charge in [0.15, 0.2) is 5.82 Å². The predicted octanol–water partition coefficient (Wildman–Crippen LogP) is 6.41. The first-order valence-electron chi connectivity index (χ1n) is 9.21. The Balaban J connectivity index is 2.21. The van der Waals surface area contributed by atoms with Gasteiger partial charge in [-0.2, -0.15) is 0 Å². The molecule has 1 heterocycles. The summed E-state index contributed by atoms with van der Waals surface area (Å²) in [5.74, 6) is 0.794. The van der Waals surface area contributed by atoms with Crippen molar-refractivity contribution in [1.82, 2.24) is 9.97 Å². The third-order valence-electron chi connectivity index (χ3n) is 4.56. The molecular weight excluding hydrogens is 316 g/mol. The van der Waals surface area contributed by atoms with Gasteiger partial charge in [0.25, 0.3) is 0 Å². The second kappa shape index (κ2) is 6.68. The fraction of sp³-hybridized carbons (Fsp3) is 0.333. The number of benzene rings is 2. The van der Waals surface area contributed by atoms with Crippen LogP contribution in [0.5, 0.6) is 0 Å². The van der Waals surface area contributed by atoms with Crippen molar-refractivity contribution in [3.8, 4) is 22.5 Å². The van der Waals surface area contributed by atoms with Gasteiger partial charge in [0.2, 0.25) is 0 Å². The van der Waals surface area contributed by atoms with Crippen LogP contribution in [0.1, 0.15) is 52.8 Å². The van der Waals surface area contributed by atoms with Crippen LogP contribution in [0.4, 0.5) is 0 Å². The van der Waals surface area contributed by atoms with E-state index < -0.39 is 0 Å². The molecule has 3 aromatic rings. The van der Waals surface area contributed by atoms with Crippen molar-refractivity contribution in [3.05, 3.63) is 72.1 Å². The van der Waals surface area contributed by atoms with Crippen molar-refractivity contribution in [2.24, 2.45) is 0 Å². The molecule has 0 radical (unpaired) electrons. The maximum absolute atomic E-state index is 5.06. The minimum atomic E-state index is -0.0397. The van der Waals surface area contributed by atoms with Crippen LogP contribution < -0.4 is 0 Å². The Morgan fingerprint density at radius 1 is 0.654 bits per heavy atom. The molecule has 0 aliphatic heterocycles. The van der Waals surface area contributed by atoms with E-state index in [2.05, 4.69) is 90.1 Å². The molecule has 0 saturated carbocycles. The Bertz CT molecular complexity index is 897. The molecule has 0 aliphatic carbocycles. The highest BCUT2D eigenvalue weighted by atomic mass is 14.9. The van der Waals surface area contributed by atoms with Crippen LogP contribution in [0, 0.1) is 0 Å². The molecule has 0 unspecified atom stereocenters. The van der Waals surface area contributed by atoms with Crippen LogP contribution >= 0.6 is 0 Å². The fourth-order valence-corrected chi connectivity index (χ4v) is 3.18. The van der Waals surface area contributed by atoms with E-state index in [-0.39, 0.29) is 10.8 Å². The van der Waals surface area contributed by atoms with E-state index in [9.17, 15) is 0 Å². The van der Waals surface area contributed by atoms with E-state index in [0.29, 0.717) is 0 Å². The Morgan fingerprint density at radius 3 is 1.81 bits per heavy atom. The average Bonchev–Trinajstić information content (AvgIpc) is 2.60. The van der Waals surface area contributed by atoms with Gasteiger partial charge in [0.1, 0.15) is 0 Å². The van der Waals surface area contributed by atoms with Crippen LogP contribution in [-0.4, -0.2) is 9.97 Å². The topological polar surface area (TPSA) is 25.8 Å². The van der Waals surface area contributed by atoms with Crippen LogP contribution in [0.15, 0.2) is 60.8 Å². The lowest BCUT2D eigenvalue weighted by atomic mass is 9.79. The lowest BCUT2D eigenvalue weighted by molar-refractivity contribution is 0.511. The third kappa shape index (κ3) is 3.70. The highest BCUT2D eigenvalue weighted by molar-refractivity contribution is 5.80. The Labute approximate surface area is 157 Å². The standard InChI is InChI=1S/C24H28N2/c1-23(2,3)20-16-25-22(26-21(20)24(4,5)6)19-15-11-10-14-18(19)17-12-8-7-9-13-17/h7-16H,1-6H3. The number of aromatic nitrogens is 2. The molecule has 2 aromatic carbocycles. The molecule has 0 atom stereocenters. The molecule has 2 heteroatoms. The first-order valence-corrected chi connectivity index (χ1v) is 9.21. The van der Waals surface area contributed by atoms with Gasteiger partial charge >= 0.3 is 0 Å². The zero-order valence-corrected chi connectivity index (χ0v) is 16.7. The van der Waals surface area contributed by atoms with Crippen LogP contribution in [0.2, 0.25) is 0 Å². The molecule has 0 spiro atoms. The van der Waals surface area contributed by atoms with E-state index in [0.717, 1.165) is 22.6 Å². The first kappa shape index (κ1) is 18.3. The smallest absolute Gasteiger partial charge is 0.160 e. The van der Waals surface area contributed by atoms with Crippen molar-refractivity contribution >= 4 is 0 Å². The molecule has 0 saturated heterocycles. The van der Waals surface area contributed by atoms with Gasteiger partial charge in [-0.3, -0.25) is 0 Å². The van der Waals surface area contributed by atoms with Crippen molar-refractivity contribution in [2.45, 2.75) is 52.4 Å². The summed E-state index contributed by atoms with van der Waals surface area (Å²) in [5, 5.41) is 0. The molecule has 134 valence electrons. The lowest BCUT2D eigenvalue weighted by Gasteiger charge is -2.28. The molecule has 0 amide bonds. The summed E-state index contributed by atoms with van der Waals surface area (Å²) in [6, 6.07) is 18.8. The van der Waals surface area contributed by atoms with Gasteiger partial charge in [-0.05, 0) is 22.1 Å². The largest absolute Gasteiger partial charge is 0.236 e. The molecule has 0 N–H and O–H groups in total. The molecule has 2 nitrogen and oxygen atoms in total. The molecule has 26 heavy (non-hydrogen) atoms. The highest BCUT2D eigenvalue weighted by Crippen LogP contribution is 2.35. The minimum Gasteiger partial charge on any atom is -0.236 e. The third-order valence-corrected chi connectivity index (χ3v) is 4.56. The Kier molecular flexibility index (Phi) is 4.70. The summed E-state index contributed by atoms with van der Waals surface area (Å²) in [4.78, 5) is 9.82. The summed E-state index contributed by atoms with van der Waals surface area (Å²) in [7, 11) is 0. The minimum absolute atomic E-state index is 0.0140. The van der Waals surface area contributed by atoms with Gasteiger partial charge in [0.05, 0.1) is 5.69 Å². The number of hydrogen-bond donors (Lipinski definition) is 0. The van der Waals surface area contributed by atoms with E-state index >= 15 is 0 Å². The predicted molar refractivity (Wildman–Crippen MR) is 110 cm³/mol. The van der Waals surface area contributed by atoms with Gasteiger partial charge in [0, 0.05) is 17.2 Å². The molecule has 0 fully saturated rings. The van der Waals surface area contributed by atoms with E-state index in [4.69, 9.17) is 9.97 Å². The quantitative estimate of drug-likeness (QED) is 0.537. The van der Waals surface area contributed by atoms with Crippen molar-refractivity contribution in [2.75, 3.05) is 0 Å². The number of hydrogen-bond acceptors (Lipinski definition) is 2. The zero-order chi connectivity index (χ0) is 18.9. The highest BCUT2D eigenvalue weighted by Gasteiger charge is 2.28. The summed E-state index contributed by atoms with van der Waals surface area (Å²) < 4.78 is 0. The Morgan fingerprint density at radius 2 is 1.23 bits per heavy atom. The monoisotopic (exact) mass is 344 g/mol. The van der Waals surface area contributed by atoms with Gasteiger partial charge in [-0.25, -0.2) is 9.97 Å². The second-order valence-electron chi connectivity index (χ2n) is 8.87. The van der Waals surface area contributed by atoms with Crippen LogP contribution in [0.25, 0.3) is 22.5 Å². The van der Waals surface area contributed by atoms with Gasteiger partial charge in [-0.1, -0.05) is 96.1 Å². The maximum Gasteiger partial charge on any atom is 0.160 e. The zero-order valence-electron chi connectivity index (χ0n) is 16.7. The van der Waals surface area contributed by atoms with Crippen LogP contribution in [-0.2, 0) is 10.8 Å². The van der Waals surface area contributed by atoms with Gasteiger partial charge < -0.3 is 0 Å². The first-order chi connectivity index (χ1) is 12.2. The van der Waals surface area contributed by atoms with E-state index in [1.807, 2.05) is 12.3 Å². The molecular formula is C24H28N2. The fourth-order valence-electron chi connectivity index (χ4n) is 3.18. The average molecular weight is 345 g/mol. The van der Waals surface area contributed by atoms with Gasteiger partial charge in [-0.15, -0.1) is 0 Å². The van der Waals surface area contributed by atoms with Crippen molar-refractivity contribution < 1.29 is 0 Å². The summed E-state index contributed by atoms with van der Waals surface area (Å²) in [5.41, 5.74) is 5.73. The summed E-state index contributed by atoms with van der Waals surface area (Å²) in [6.45, 7) is 13.3. The van der Waals surface area contributed by atoms with Crippen molar-refractivity contribution in [3.63, 3.8) is 0 Å².